The molecule has 0 radical (unpaired) electrons. The topological polar surface area (TPSA) is 38.5 Å². The molecule has 100 valence electrons. The van der Waals surface area contributed by atoms with E-state index in [0.29, 0.717) is 6.04 Å². The van der Waals surface area contributed by atoms with Crippen LogP contribution in [0.25, 0.3) is 0 Å². The van der Waals surface area contributed by atoms with Crippen LogP contribution in [0, 0.1) is 0 Å². The molecule has 3 nitrogen and oxygen atoms in total. The van der Waals surface area contributed by atoms with Crippen molar-refractivity contribution in [2.45, 2.75) is 31.7 Å². The third-order valence-electron chi connectivity index (χ3n) is 3.62. The van der Waals surface area contributed by atoms with E-state index in [9.17, 15) is 0 Å². The summed E-state index contributed by atoms with van der Waals surface area (Å²) in [4.78, 5) is 2.49. The SMILES string of the molecule is COc1cccc(CCCN2CCC[C@@H](N)C2)c1. The summed E-state index contributed by atoms with van der Waals surface area (Å²) in [6, 6.07) is 8.74. The number of aryl methyl sites for hydroxylation is 1. The number of hydrogen-bond acceptors (Lipinski definition) is 3. The van der Waals surface area contributed by atoms with Gasteiger partial charge in [-0.3, -0.25) is 0 Å². The zero-order chi connectivity index (χ0) is 12.8. The molecule has 1 aliphatic rings. The molecule has 0 spiro atoms. The number of hydrogen-bond donors (Lipinski definition) is 1. The Morgan fingerprint density at radius 2 is 2.33 bits per heavy atom. The molecule has 1 saturated heterocycles. The van der Waals surface area contributed by atoms with Crippen LogP contribution in [0.15, 0.2) is 24.3 Å². The zero-order valence-corrected chi connectivity index (χ0v) is 11.3. The Morgan fingerprint density at radius 3 is 3.11 bits per heavy atom. The molecule has 1 heterocycles. The Morgan fingerprint density at radius 1 is 1.44 bits per heavy atom. The van der Waals surface area contributed by atoms with Gasteiger partial charge >= 0.3 is 0 Å². The van der Waals surface area contributed by atoms with Crippen LogP contribution in [0.3, 0.4) is 0 Å². The molecular formula is C15H24N2O. The van der Waals surface area contributed by atoms with Gasteiger partial charge in [0.2, 0.25) is 0 Å². The molecule has 3 heteroatoms. The summed E-state index contributed by atoms with van der Waals surface area (Å²) in [5, 5.41) is 0. The lowest BCUT2D eigenvalue weighted by atomic mass is 10.1. The Labute approximate surface area is 110 Å². The van der Waals surface area contributed by atoms with E-state index in [1.54, 1.807) is 7.11 Å². The van der Waals surface area contributed by atoms with Gasteiger partial charge in [-0.15, -0.1) is 0 Å². The first kappa shape index (κ1) is 13.4. The number of nitrogens with zero attached hydrogens (tertiary/aromatic N) is 1. The van der Waals surface area contributed by atoms with Gasteiger partial charge in [-0.25, -0.2) is 0 Å². The molecule has 0 unspecified atom stereocenters. The van der Waals surface area contributed by atoms with Crippen LogP contribution in [0.5, 0.6) is 5.75 Å². The first-order valence-electron chi connectivity index (χ1n) is 6.89. The molecule has 0 aromatic heterocycles. The summed E-state index contributed by atoms with van der Waals surface area (Å²) in [5.41, 5.74) is 7.34. The smallest absolute Gasteiger partial charge is 0.119 e. The van der Waals surface area contributed by atoms with E-state index >= 15 is 0 Å². The van der Waals surface area contributed by atoms with Crippen molar-refractivity contribution in [2.75, 3.05) is 26.7 Å². The van der Waals surface area contributed by atoms with Crippen LogP contribution >= 0.6 is 0 Å². The summed E-state index contributed by atoms with van der Waals surface area (Å²) in [7, 11) is 1.72. The molecule has 2 N–H and O–H groups in total. The lowest BCUT2D eigenvalue weighted by Gasteiger charge is -2.30. The predicted octanol–water partition coefficient (Wildman–Crippen LogP) is 2.05. The van der Waals surface area contributed by atoms with E-state index in [0.717, 1.165) is 25.3 Å². The summed E-state index contributed by atoms with van der Waals surface area (Å²) < 4.78 is 5.24. The summed E-state index contributed by atoms with van der Waals surface area (Å²) in [6.45, 7) is 3.44. The van der Waals surface area contributed by atoms with E-state index in [2.05, 4.69) is 23.1 Å². The maximum atomic E-state index is 5.99. The van der Waals surface area contributed by atoms with Crippen molar-refractivity contribution in [1.82, 2.24) is 4.90 Å². The second kappa shape index (κ2) is 6.76. The molecule has 2 rings (SSSR count). The van der Waals surface area contributed by atoms with Gasteiger partial charge in [0.15, 0.2) is 0 Å². The van der Waals surface area contributed by atoms with Gasteiger partial charge in [-0.2, -0.15) is 0 Å². The van der Waals surface area contributed by atoms with Crippen LogP contribution in [0.2, 0.25) is 0 Å². The first-order chi connectivity index (χ1) is 8.78. The van der Waals surface area contributed by atoms with Crippen LogP contribution in [0.1, 0.15) is 24.8 Å². The van der Waals surface area contributed by atoms with Crippen molar-refractivity contribution in [3.63, 3.8) is 0 Å². The van der Waals surface area contributed by atoms with Crippen molar-refractivity contribution < 1.29 is 4.74 Å². The molecule has 0 bridgehead atoms. The van der Waals surface area contributed by atoms with Gasteiger partial charge in [0, 0.05) is 12.6 Å². The highest BCUT2D eigenvalue weighted by Gasteiger charge is 2.15. The summed E-state index contributed by atoms with van der Waals surface area (Å²) >= 11 is 0. The number of likely N-dealkylation sites (tertiary alicyclic amines) is 1. The largest absolute Gasteiger partial charge is 0.497 e. The van der Waals surface area contributed by atoms with E-state index in [1.807, 2.05) is 6.07 Å². The normalized spacial score (nSPS) is 20.9. The molecule has 1 aromatic carbocycles. The standard InChI is InChI=1S/C15H24N2O/c1-18-15-8-2-5-13(11-15)6-3-9-17-10-4-7-14(16)12-17/h2,5,8,11,14H,3-4,6-7,9-10,12,16H2,1H3/t14-/m1/s1. The Bertz CT molecular complexity index is 367. The van der Waals surface area contributed by atoms with Crippen molar-refractivity contribution in [3.05, 3.63) is 29.8 Å². The summed E-state index contributed by atoms with van der Waals surface area (Å²) in [5.74, 6) is 0.951. The number of ether oxygens (including phenoxy) is 1. The third kappa shape index (κ3) is 4.00. The second-order valence-electron chi connectivity index (χ2n) is 5.16. The van der Waals surface area contributed by atoms with Crippen molar-refractivity contribution >= 4 is 0 Å². The fourth-order valence-corrected chi connectivity index (χ4v) is 2.63. The minimum Gasteiger partial charge on any atom is -0.497 e. The molecular weight excluding hydrogens is 224 g/mol. The van der Waals surface area contributed by atoms with Gasteiger partial charge in [0.05, 0.1) is 7.11 Å². The monoisotopic (exact) mass is 248 g/mol. The average molecular weight is 248 g/mol. The fraction of sp³-hybridized carbons (Fsp3) is 0.600. The van der Waals surface area contributed by atoms with E-state index in [-0.39, 0.29) is 0 Å². The molecule has 18 heavy (non-hydrogen) atoms. The maximum absolute atomic E-state index is 5.99. The van der Waals surface area contributed by atoms with Crippen LogP contribution in [-0.4, -0.2) is 37.7 Å². The van der Waals surface area contributed by atoms with Gasteiger partial charge in [-0.1, -0.05) is 12.1 Å². The van der Waals surface area contributed by atoms with Crippen molar-refractivity contribution in [2.24, 2.45) is 5.73 Å². The third-order valence-corrected chi connectivity index (χ3v) is 3.62. The van der Waals surface area contributed by atoms with Gasteiger partial charge in [-0.05, 0) is 56.5 Å². The van der Waals surface area contributed by atoms with Crippen molar-refractivity contribution in [3.8, 4) is 5.75 Å². The first-order valence-corrected chi connectivity index (χ1v) is 6.89. The van der Waals surface area contributed by atoms with Crippen LogP contribution in [-0.2, 0) is 6.42 Å². The van der Waals surface area contributed by atoms with E-state index < -0.39 is 0 Å². The van der Waals surface area contributed by atoms with Crippen LogP contribution in [0.4, 0.5) is 0 Å². The minimum absolute atomic E-state index is 0.385. The highest BCUT2D eigenvalue weighted by Crippen LogP contribution is 2.15. The Hall–Kier alpha value is -1.06. The molecule has 1 fully saturated rings. The fourth-order valence-electron chi connectivity index (χ4n) is 2.63. The molecule has 1 aliphatic heterocycles. The lowest BCUT2D eigenvalue weighted by molar-refractivity contribution is 0.207. The lowest BCUT2D eigenvalue weighted by Crippen LogP contribution is -2.43. The van der Waals surface area contributed by atoms with E-state index in [1.165, 1.54) is 31.4 Å². The Balaban J connectivity index is 1.74. The zero-order valence-electron chi connectivity index (χ0n) is 11.3. The quantitative estimate of drug-likeness (QED) is 0.866. The number of rotatable bonds is 5. The molecule has 1 atom stereocenters. The molecule has 1 aromatic rings. The molecule has 0 amide bonds. The number of piperidine rings is 1. The van der Waals surface area contributed by atoms with Gasteiger partial charge in [0.25, 0.3) is 0 Å². The van der Waals surface area contributed by atoms with Gasteiger partial charge < -0.3 is 15.4 Å². The summed E-state index contributed by atoms with van der Waals surface area (Å²) in [6.07, 6.45) is 4.75. The second-order valence-corrected chi connectivity index (χ2v) is 5.16. The Kier molecular flexibility index (Phi) is 5.02. The number of methoxy groups -OCH3 is 1. The maximum Gasteiger partial charge on any atom is 0.119 e. The van der Waals surface area contributed by atoms with Crippen molar-refractivity contribution in [1.29, 1.82) is 0 Å². The molecule has 0 saturated carbocycles. The molecule has 0 aliphatic carbocycles. The van der Waals surface area contributed by atoms with Crippen LogP contribution < -0.4 is 10.5 Å². The predicted molar refractivity (Wildman–Crippen MR) is 75.0 cm³/mol. The minimum atomic E-state index is 0.385. The number of benzene rings is 1. The van der Waals surface area contributed by atoms with Gasteiger partial charge in [0.1, 0.15) is 5.75 Å². The number of nitrogens with two attached hydrogens (primary N) is 1. The average Bonchev–Trinajstić information content (AvgIpc) is 2.39. The highest BCUT2D eigenvalue weighted by molar-refractivity contribution is 5.28. The highest BCUT2D eigenvalue weighted by atomic mass is 16.5. The van der Waals surface area contributed by atoms with E-state index in [4.69, 9.17) is 10.5 Å².